The molecule has 10 heteroatoms. The fraction of sp³-hybridized carbons (Fsp3) is 0.294. The Balaban J connectivity index is 1.95. The summed E-state index contributed by atoms with van der Waals surface area (Å²) in [6.07, 6.45) is 4.47. The minimum Gasteiger partial charge on any atom is -0.465 e. The highest BCUT2D eigenvalue weighted by molar-refractivity contribution is 7.99. The number of carboxylic acid groups (broad SMARTS) is 1. The zero-order valence-electron chi connectivity index (χ0n) is 15.4. The van der Waals surface area contributed by atoms with Crippen molar-refractivity contribution in [1.82, 2.24) is 19.5 Å². The fourth-order valence-corrected chi connectivity index (χ4v) is 4.01. The lowest BCUT2D eigenvalue weighted by atomic mass is 10.2. The molecule has 0 saturated carbocycles. The summed E-state index contributed by atoms with van der Waals surface area (Å²) in [5.74, 6) is 0.431. The van der Waals surface area contributed by atoms with E-state index in [1.807, 2.05) is 30.9 Å². The van der Waals surface area contributed by atoms with Crippen molar-refractivity contribution >= 4 is 52.0 Å². The van der Waals surface area contributed by atoms with Crippen LogP contribution in [0.1, 0.15) is 17.9 Å². The number of nitrogen functional groups attached to an aromatic ring is 1. The molecular formula is C17H20N6O2S2. The third-order valence-corrected chi connectivity index (χ3v) is 5.75. The van der Waals surface area contributed by atoms with Crippen molar-refractivity contribution in [3.8, 4) is 0 Å². The molecule has 0 radical (unpaired) electrons. The second-order valence-electron chi connectivity index (χ2n) is 5.97. The van der Waals surface area contributed by atoms with E-state index in [9.17, 15) is 9.90 Å². The molecule has 0 aliphatic rings. The Morgan fingerprint density at radius 3 is 2.78 bits per heavy atom. The fourth-order valence-electron chi connectivity index (χ4n) is 2.66. The largest absolute Gasteiger partial charge is 0.465 e. The van der Waals surface area contributed by atoms with Crippen LogP contribution in [0.25, 0.3) is 10.9 Å². The second kappa shape index (κ2) is 7.65. The smallest absolute Gasteiger partial charge is 0.411 e. The standard InChI is InChI=1S/C17H20N6O2S2/c1-9(27-16-20-14(18)6-15(21-16)26-4)11-5-10-12(7-19-11)22(2)8-13(10)23(3)17(24)25/h5-9H,1-4H3,(H,24,25)(H2,18,20,21). The van der Waals surface area contributed by atoms with Crippen molar-refractivity contribution < 1.29 is 9.90 Å². The molecule has 1 unspecified atom stereocenters. The first-order chi connectivity index (χ1) is 12.8. The van der Waals surface area contributed by atoms with Crippen LogP contribution in [0.4, 0.5) is 16.3 Å². The highest BCUT2D eigenvalue weighted by atomic mass is 32.2. The lowest BCUT2D eigenvalue weighted by Gasteiger charge is -2.13. The van der Waals surface area contributed by atoms with Crippen molar-refractivity contribution in [1.29, 1.82) is 0 Å². The first-order valence-corrected chi connectivity index (χ1v) is 10.2. The summed E-state index contributed by atoms with van der Waals surface area (Å²) in [6, 6.07) is 3.66. The van der Waals surface area contributed by atoms with Crippen LogP contribution in [-0.2, 0) is 7.05 Å². The van der Waals surface area contributed by atoms with Gasteiger partial charge in [0.1, 0.15) is 10.8 Å². The van der Waals surface area contributed by atoms with Crippen LogP contribution >= 0.6 is 23.5 Å². The highest BCUT2D eigenvalue weighted by Crippen LogP contribution is 2.36. The van der Waals surface area contributed by atoms with E-state index in [4.69, 9.17) is 5.73 Å². The number of fused-ring (bicyclic) bond motifs is 1. The molecule has 0 spiro atoms. The van der Waals surface area contributed by atoms with Crippen LogP contribution in [0.15, 0.2) is 34.7 Å². The summed E-state index contributed by atoms with van der Waals surface area (Å²) in [5.41, 5.74) is 8.15. The van der Waals surface area contributed by atoms with Gasteiger partial charge in [0.25, 0.3) is 0 Å². The van der Waals surface area contributed by atoms with Crippen LogP contribution < -0.4 is 10.6 Å². The maximum Gasteiger partial charge on any atom is 0.411 e. The van der Waals surface area contributed by atoms with E-state index in [0.717, 1.165) is 21.6 Å². The summed E-state index contributed by atoms with van der Waals surface area (Å²) >= 11 is 2.97. The average Bonchev–Trinajstić information content (AvgIpc) is 2.96. The Hall–Kier alpha value is -2.46. The van der Waals surface area contributed by atoms with Gasteiger partial charge in [-0.05, 0) is 19.2 Å². The van der Waals surface area contributed by atoms with E-state index in [1.165, 1.54) is 35.5 Å². The van der Waals surface area contributed by atoms with Gasteiger partial charge < -0.3 is 15.4 Å². The van der Waals surface area contributed by atoms with E-state index < -0.39 is 6.09 Å². The normalized spacial score (nSPS) is 12.3. The minimum atomic E-state index is -1.01. The molecule has 1 amide bonds. The molecule has 0 aliphatic carbocycles. The summed E-state index contributed by atoms with van der Waals surface area (Å²) in [4.78, 5) is 25.9. The predicted molar refractivity (Wildman–Crippen MR) is 110 cm³/mol. The molecule has 1 atom stereocenters. The van der Waals surface area contributed by atoms with Gasteiger partial charge in [-0.1, -0.05) is 11.8 Å². The molecule has 3 N–H and O–H groups in total. The number of rotatable bonds is 5. The molecule has 8 nitrogen and oxygen atoms in total. The van der Waals surface area contributed by atoms with Gasteiger partial charge in [0.2, 0.25) is 0 Å². The molecule has 3 heterocycles. The van der Waals surface area contributed by atoms with Crippen LogP contribution in [0.2, 0.25) is 0 Å². The van der Waals surface area contributed by atoms with E-state index in [-0.39, 0.29) is 5.25 Å². The van der Waals surface area contributed by atoms with Gasteiger partial charge in [-0.15, -0.1) is 11.8 Å². The predicted octanol–water partition coefficient (Wildman–Crippen LogP) is 3.63. The van der Waals surface area contributed by atoms with Crippen molar-refractivity contribution in [3.05, 3.63) is 30.2 Å². The van der Waals surface area contributed by atoms with Gasteiger partial charge in [-0.25, -0.2) is 14.8 Å². The van der Waals surface area contributed by atoms with Crippen molar-refractivity contribution in [2.75, 3.05) is 23.9 Å². The lowest BCUT2D eigenvalue weighted by molar-refractivity contribution is 0.203. The van der Waals surface area contributed by atoms with Crippen molar-refractivity contribution in [2.24, 2.45) is 7.05 Å². The molecular weight excluding hydrogens is 384 g/mol. The number of nitrogens with zero attached hydrogens (tertiary/aromatic N) is 5. The SMILES string of the molecule is CSc1cc(N)nc(SC(C)c2cc3c(N(C)C(=O)O)cn(C)c3cn2)n1. The molecule has 3 aromatic heterocycles. The number of hydrogen-bond acceptors (Lipinski definition) is 7. The molecule has 142 valence electrons. The lowest BCUT2D eigenvalue weighted by Crippen LogP contribution is -2.23. The van der Waals surface area contributed by atoms with Crippen LogP contribution in [0.5, 0.6) is 0 Å². The number of aromatic nitrogens is 4. The summed E-state index contributed by atoms with van der Waals surface area (Å²) < 4.78 is 1.87. The number of nitrogens with two attached hydrogens (primary N) is 1. The monoisotopic (exact) mass is 404 g/mol. The first kappa shape index (κ1) is 19.3. The van der Waals surface area contributed by atoms with Crippen LogP contribution in [0, 0.1) is 0 Å². The van der Waals surface area contributed by atoms with E-state index in [1.54, 1.807) is 18.5 Å². The topological polar surface area (TPSA) is 110 Å². The highest BCUT2D eigenvalue weighted by Gasteiger charge is 2.19. The molecule has 0 saturated heterocycles. The van der Waals surface area contributed by atoms with E-state index in [2.05, 4.69) is 15.0 Å². The Labute approximate surface area is 165 Å². The summed E-state index contributed by atoms with van der Waals surface area (Å²) in [5, 5.41) is 11.5. The number of aryl methyl sites for hydroxylation is 1. The number of anilines is 2. The molecule has 27 heavy (non-hydrogen) atoms. The van der Waals surface area contributed by atoms with Gasteiger partial charge in [0.05, 0.1) is 28.3 Å². The van der Waals surface area contributed by atoms with Crippen molar-refractivity contribution in [3.63, 3.8) is 0 Å². The molecule has 0 bridgehead atoms. The average molecular weight is 405 g/mol. The zero-order valence-corrected chi connectivity index (χ0v) is 17.0. The maximum atomic E-state index is 11.4. The molecule has 0 fully saturated rings. The van der Waals surface area contributed by atoms with E-state index >= 15 is 0 Å². The first-order valence-electron chi connectivity index (χ1n) is 8.07. The number of hydrogen-bond donors (Lipinski definition) is 2. The third kappa shape index (κ3) is 3.96. The number of pyridine rings is 1. The molecule has 0 aliphatic heterocycles. The molecule has 3 aromatic rings. The van der Waals surface area contributed by atoms with Gasteiger partial charge in [0.15, 0.2) is 5.16 Å². The van der Waals surface area contributed by atoms with Crippen molar-refractivity contribution in [2.45, 2.75) is 22.4 Å². The zero-order chi connectivity index (χ0) is 19.7. The number of amides is 1. The van der Waals surface area contributed by atoms with E-state index in [0.29, 0.717) is 16.7 Å². The second-order valence-corrected chi connectivity index (χ2v) is 8.11. The Morgan fingerprint density at radius 2 is 2.11 bits per heavy atom. The number of thioether (sulfide) groups is 2. The third-order valence-electron chi connectivity index (χ3n) is 4.13. The molecule has 3 rings (SSSR count). The Morgan fingerprint density at radius 1 is 1.37 bits per heavy atom. The summed E-state index contributed by atoms with van der Waals surface area (Å²) in [6.45, 7) is 2.01. The number of carbonyl (C=O) groups is 1. The van der Waals surface area contributed by atoms with Gasteiger partial charge in [-0.2, -0.15) is 0 Å². The van der Waals surface area contributed by atoms with Gasteiger partial charge in [0, 0.05) is 31.7 Å². The van der Waals surface area contributed by atoms with Crippen LogP contribution in [0.3, 0.4) is 0 Å². The van der Waals surface area contributed by atoms with Gasteiger partial charge in [-0.3, -0.25) is 9.88 Å². The van der Waals surface area contributed by atoms with Gasteiger partial charge >= 0.3 is 6.09 Å². The Bertz CT molecular complexity index is 1010. The molecule has 0 aromatic carbocycles. The summed E-state index contributed by atoms with van der Waals surface area (Å²) in [7, 11) is 3.39. The maximum absolute atomic E-state index is 11.4. The quantitative estimate of drug-likeness (QED) is 0.377. The minimum absolute atomic E-state index is 0.0332. The Kier molecular flexibility index (Phi) is 5.47. The van der Waals surface area contributed by atoms with Crippen LogP contribution in [-0.4, -0.2) is 44.0 Å².